The summed E-state index contributed by atoms with van der Waals surface area (Å²) in [6, 6.07) is 11.4. The third-order valence-electron chi connectivity index (χ3n) is 2.86. The minimum absolute atomic E-state index is 0.0121. The highest BCUT2D eigenvalue weighted by Crippen LogP contribution is 2.29. The number of halogens is 3. The Bertz CT molecular complexity index is 573. The monoisotopic (exact) mass is 281 g/mol. The van der Waals surface area contributed by atoms with E-state index >= 15 is 0 Å². The molecule has 2 rings (SSSR count). The van der Waals surface area contributed by atoms with Crippen LogP contribution >= 0.6 is 0 Å². The lowest BCUT2D eigenvalue weighted by molar-refractivity contribution is 0.0106. The minimum Gasteiger partial charge on any atom is -0.494 e. The highest BCUT2D eigenvalue weighted by Gasteiger charge is 2.30. The molecule has 0 unspecified atom stereocenters. The van der Waals surface area contributed by atoms with Crippen LogP contribution in [0.5, 0.6) is 5.75 Å². The van der Waals surface area contributed by atoms with Crippen molar-refractivity contribution in [1.29, 1.82) is 0 Å². The highest BCUT2D eigenvalue weighted by atomic mass is 19.3. The van der Waals surface area contributed by atoms with E-state index in [-0.39, 0.29) is 11.3 Å². The molecule has 0 aliphatic rings. The zero-order valence-corrected chi connectivity index (χ0v) is 10.9. The first-order valence-corrected chi connectivity index (χ1v) is 6.04. The van der Waals surface area contributed by atoms with E-state index < -0.39 is 18.3 Å². The summed E-state index contributed by atoms with van der Waals surface area (Å²) in [4.78, 5) is 0. The van der Waals surface area contributed by atoms with Gasteiger partial charge in [0.2, 0.25) is 0 Å². The quantitative estimate of drug-likeness (QED) is 0.893. The molecule has 0 aliphatic carbocycles. The third-order valence-corrected chi connectivity index (χ3v) is 2.86. The van der Waals surface area contributed by atoms with Crippen LogP contribution in [0.2, 0.25) is 0 Å². The maximum absolute atomic E-state index is 13.9. The summed E-state index contributed by atoms with van der Waals surface area (Å²) in [6.45, 7) is -0.578. The second-order valence-corrected chi connectivity index (χ2v) is 4.27. The van der Waals surface area contributed by atoms with Gasteiger partial charge in [0, 0.05) is 17.3 Å². The van der Waals surface area contributed by atoms with Gasteiger partial charge in [0.1, 0.15) is 0 Å². The summed E-state index contributed by atoms with van der Waals surface area (Å²) in [5, 5.41) is 2.59. The van der Waals surface area contributed by atoms with Gasteiger partial charge in [0.15, 0.2) is 11.6 Å². The Hall–Kier alpha value is -2.17. The van der Waals surface area contributed by atoms with E-state index in [4.69, 9.17) is 4.74 Å². The molecule has 0 saturated carbocycles. The maximum atomic E-state index is 13.9. The van der Waals surface area contributed by atoms with Crippen LogP contribution in [0, 0.1) is 5.82 Å². The van der Waals surface area contributed by atoms with Crippen LogP contribution in [0.4, 0.5) is 18.9 Å². The number of benzene rings is 2. The molecule has 0 saturated heterocycles. The molecule has 0 bridgehead atoms. The van der Waals surface area contributed by atoms with Crippen LogP contribution in [0.15, 0.2) is 48.5 Å². The number of methoxy groups -OCH3 is 1. The molecule has 5 heteroatoms. The Kier molecular flexibility index (Phi) is 4.17. The number of nitrogens with one attached hydrogen (secondary N) is 1. The first kappa shape index (κ1) is 14.2. The van der Waals surface area contributed by atoms with Crippen molar-refractivity contribution in [3.8, 4) is 5.75 Å². The normalized spacial score (nSPS) is 11.2. The Morgan fingerprint density at radius 3 is 2.45 bits per heavy atom. The maximum Gasteiger partial charge on any atom is 0.290 e. The van der Waals surface area contributed by atoms with Gasteiger partial charge in [-0.3, -0.25) is 0 Å². The van der Waals surface area contributed by atoms with E-state index in [1.807, 2.05) is 0 Å². The topological polar surface area (TPSA) is 21.3 Å². The van der Waals surface area contributed by atoms with Gasteiger partial charge in [0.05, 0.1) is 13.7 Å². The Labute approximate surface area is 115 Å². The first-order chi connectivity index (χ1) is 9.53. The van der Waals surface area contributed by atoms with Crippen molar-refractivity contribution in [2.24, 2.45) is 0 Å². The van der Waals surface area contributed by atoms with Gasteiger partial charge in [-0.2, -0.15) is 8.78 Å². The molecule has 0 amide bonds. The lowest BCUT2D eigenvalue weighted by Crippen LogP contribution is -2.24. The number of hydrogen-bond donors (Lipinski definition) is 1. The van der Waals surface area contributed by atoms with Crippen molar-refractivity contribution in [2.45, 2.75) is 5.92 Å². The van der Waals surface area contributed by atoms with Gasteiger partial charge in [-0.1, -0.05) is 30.3 Å². The molecule has 2 aromatic carbocycles. The predicted octanol–water partition coefficient (Wildman–Crippen LogP) is 4.04. The average molecular weight is 281 g/mol. The predicted molar refractivity (Wildman–Crippen MR) is 71.8 cm³/mol. The fourth-order valence-corrected chi connectivity index (χ4v) is 1.77. The third kappa shape index (κ3) is 3.23. The zero-order chi connectivity index (χ0) is 14.6. The van der Waals surface area contributed by atoms with Crippen molar-refractivity contribution in [3.63, 3.8) is 0 Å². The number of alkyl halides is 2. The number of anilines is 1. The van der Waals surface area contributed by atoms with Crippen LogP contribution < -0.4 is 10.1 Å². The molecule has 106 valence electrons. The van der Waals surface area contributed by atoms with E-state index in [9.17, 15) is 13.2 Å². The molecule has 0 heterocycles. The van der Waals surface area contributed by atoms with Crippen LogP contribution in [-0.2, 0) is 5.92 Å². The standard InChI is InChI=1S/C15H14F3NO/c1-20-14-9-12(7-8-13(14)16)19-10-15(17,18)11-5-3-2-4-6-11/h2-9,19H,10H2,1H3. The second-order valence-electron chi connectivity index (χ2n) is 4.27. The lowest BCUT2D eigenvalue weighted by atomic mass is 10.1. The number of hydrogen-bond acceptors (Lipinski definition) is 2. The second kappa shape index (κ2) is 5.86. The molecule has 0 radical (unpaired) electrons. The summed E-state index contributed by atoms with van der Waals surface area (Å²) in [6.07, 6.45) is 0. The Morgan fingerprint density at radius 2 is 1.80 bits per heavy atom. The molecule has 0 spiro atoms. The number of ether oxygens (including phenoxy) is 1. The van der Waals surface area contributed by atoms with Crippen LogP contribution in [-0.4, -0.2) is 13.7 Å². The summed E-state index contributed by atoms with van der Waals surface area (Å²) in [5.74, 6) is -3.53. The Morgan fingerprint density at radius 1 is 1.10 bits per heavy atom. The van der Waals surface area contributed by atoms with Crippen LogP contribution in [0.1, 0.15) is 5.56 Å². The van der Waals surface area contributed by atoms with E-state index in [0.717, 1.165) is 0 Å². The summed E-state index contributed by atoms with van der Waals surface area (Å²) in [7, 11) is 1.32. The number of rotatable bonds is 5. The van der Waals surface area contributed by atoms with Gasteiger partial charge in [-0.05, 0) is 12.1 Å². The molecule has 2 nitrogen and oxygen atoms in total. The minimum atomic E-state index is -3.01. The van der Waals surface area contributed by atoms with Gasteiger partial charge < -0.3 is 10.1 Å². The molecule has 0 aliphatic heterocycles. The van der Waals surface area contributed by atoms with E-state index in [0.29, 0.717) is 5.69 Å². The van der Waals surface area contributed by atoms with Gasteiger partial charge in [-0.15, -0.1) is 0 Å². The Balaban J connectivity index is 2.08. The molecular weight excluding hydrogens is 267 g/mol. The summed E-state index contributed by atoms with van der Waals surface area (Å²) in [5.41, 5.74) is 0.306. The average Bonchev–Trinajstić information content (AvgIpc) is 2.47. The van der Waals surface area contributed by atoms with E-state index in [2.05, 4.69) is 5.32 Å². The highest BCUT2D eigenvalue weighted by molar-refractivity contribution is 5.49. The fraction of sp³-hybridized carbons (Fsp3) is 0.200. The largest absolute Gasteiger partial charge is 0.494 e. The van der Waals surface area contributed by atoms with Crippen LogP contribution in [0.3, 0.4) is 0 Å². The van der Waals surface area contributed by atoms with Crippen molar-refractivity contribution in [3.05, 3.63) is 59.9 Å². The van der Waals surface area contributed by atoms with Gasteiger partial charge in [-0.25, -0.2) is 4.39 Å². The van der Waals surface area contributed by atoms with Crippen molar-refractivity contribution >= 4 is 5.69 Å². The first-order valence-electron chi connectivity index (χ1n) is 6.04. The van der Waals surface area contributed by atoms with Crippen LogP contribution in [0.25, 0.3) is 0 Å². The summed E-state index contributed by atoms with van der Waals surface area (Å²) >= 11 is 0. The van der Waals surface area contributed by atoms with E-state index in [1.54, 1.807) is 18.2 Å². The van der Waals surface area contributed by atoms with Crippen molar-refractivity contribution < 1.29 is 17.9 Å². The summed E-state index contributed by atoms with van der Waals surface area (Å²) < 4.78 is 45.9. The fourth-order valence-electron chi connectivity index (χ4n) is 1.77. The molecule has 2 aromatic rings. The molecule has 0 atom stereocenters. The smallest absolute Gasteiger partial charge is 0.290 e. The van der Waals surface area contributed by atoms with Crippen molar-refractivity contribution in [1.82, 2.24) is 0 Å². The lowest BCUT2D eigenvalue weighted by Gasteiger charge is -2.18. The van der Waals surface area contributed by atoms with Crippen molar-refractivity contribution in [2.75, 3.05) is 19.0 Å². The zero-order valence-electron chi connectivity index (χ0n) is 10.9. The molecule has 20 heavy (non-hydrogen) atoms. The van der Waals surface area contributed by atoms with Gasteiger partial charge >= 0.3 is 0 Å². The van der Waals surface area contributed by atoms with Gasteiger partial charge in [0.25, 0.3) is 5.92 Å². The van der Waals surface area contributed by atoms with E-state index in [1.165, 1.54) is 37.4 Å². The molecule has 0 fully saturated rings. The molecular formula is C15H14F3NO. The SMILES string of the molecule is COc1cc(NCC(F)(F)c2ccccc2)ccc1F. The molecule has 0 aromatic heterocycles. The molecule has 1 N–H and O–H groups in total.